The molecule has 10 aromatic carbocycles. The van der Waals surface area contributed by atoms with Gasteiger partial charge in [0.15, 0.2) is 0 Å². The molecule has 3 heteroatoms. The molecule has 0 bridgehead atoms. The van der Waals surface area contributed by atoms with E-state index >= 15 is 0 Å². The van der Waals surface area contributed by atoms with E-state index in [1.54, 1.807) is 0 Å². The Kier molecular flexibility index (Phi) is 7.62. The van der Waals surface area contributed by atoms with Crippen LogP contribution in [-0.4, -0.2) is 4.57 Å². The molecule has 2 heterocycles. The highest BCUT2D eigenvalue weighted by atomic mass is 32.2. The smallest absolute Gasteiger partial charge is 0.0608 e. The monoisotopic (exact) mass is 808 g/mol. The zero-order valence-electron chi connectivity index (χ0n) is 34.4. The van der Waals surface area contributed by atoms with Gasteiger partial charge < -0.3 is 9.47 Å². The number of benzene rings is 10. The van der Waals surface area contributed by atoms with Crippen LogP contribution < -0.4 is 4.90 Å². The topological polar surface area (TPSA) is 8.17 Å². The summed E-state index contributed by atoms with van der Waals surface area (Å²) < 4.78 is 2.47. The van der Waals surface area contributed by atoms with Gasteiger partial charge in [0, 0.05) is 37.4 Å². The Bertz CT molecular complexity index is 3650. The van der Waals surface area contributed by atoms with Crippen molar-refractivity contribution in [2.45, 2.75) is 29.1 Å². The Labute approximate surface area is 365 Å². The summed E-state index contributed by atoms with van der Waals surface area (Å²) >= 11 is 1.87. The fraction of sp³-hybridized carbons (Fsp3) is 0.0508. The minimum Gasteiger partial charge on any atom is -0.309 e. The molecule has 1 aliphatic heterocycles. The fourth-order valence-corrected chi connectivity index (χ4v) is 11.5. The Morgan fingerprint density at radius 1 is 0.387 bits per heavy atom. The van der Waals surface area contributed by atoms with Gasteiger partial charge in [-0.2, -0.15) is 0 Å². The maximum absolute atomic E-state index is 2.48. The largest absolute Gasteiger partial charge is 0.309 e. The first-order valence-corrected chi connectivity index (χ1v) is 22.3. The number of rotatable bonds is 4. The molecule has 0 fully saturated rings. The van der Waals surface area contributed by atoms with Crippen LogP contribution in [0.1, 0.15) is 25.0 Å². The SMILES string of the molecule is CC1(C)c2cc(-n3c4ccccc4c4cc(-c5ccc6c(c5)N(c5cccc(-c7ccccc7)c5)c5cc7ccccc7cc5S6)ccc43)ccc2-c2c1ccc1ccccc21. The second-order valence-electron chi connectivity index (χ2n) is 17.4. The van der Waals surface area contributed by atoms with E-state index in [4.69, 9.17) is 0 Å². The van der Waals surface area contributed by atoms with Gasteiger partial charge in [-0.3, -0.25) is 0 Å². The third-order valence-electron chi connectivity index (χ3n) is 13.5. The second kappa shape index (κ2) is 13.3. The van der Waals surface area contributed by atoms with Crippen LogP contribution in [0, 0.1) is 0 Å². The van der Waals surface area contributed by atoms with Crippen molar-refractivity contribution in [3.8, 4) is 39.1 Å². The van der Waals surface area contributed by atoms with Crippen molar-refractivity contribution in [1.29, 1.82) is 0 Å². The number of para-hydroxylation sites is 1. The van der Waals surface area contributed by atoms with Crippen molar-refractivity contribution in [2.75, 3.05) is 4.90 Å². The van der Waals surface area contributed by atoms with E-state index in [1.807, 2.05) is 11.8 Å². The molecule has 0 saturated heterocycles. The highest BCUT2D eigenvalue weighted by Crippen LogP contribution is 2.55. The van der Waals surface area contributed by atoms with Gasteiger partial charge in [0.05, 0.1) is 22.4 Å². The zero-order chi connectivity index (χ0) is 41.1. The van der Waals surface area contributed by atoms with Crippen molar-refractivity contribution in [2.24, 2.45) is 0 Å². The molecule has 2 nitrogen and oxygen atoms in total. The zero-order valence-corrected chi connectivity index (χ0v) is 35.2. The van der Waals surface area contributed by atoms with Crippen LogP contribution in [-0.2, 0) is 5.41 Å². The molecule has 0 radical (unpaired) electrons. The van der Waals surface area contributed by atoms with E-state index in [1.165, 1.54) is 115 Å². The first-order chi connectivity index (χ1) is 30.5. The molecule has 0 atom stereocenters. The summed E-state index contributed by atoms with van der Waals surface area (Å²) in [7, 11) is 0. The molecule has 0 unspecified atom stereocenters. The molecular weight excluding hydrogens is 769 g/mol. The summed E-state index contributed by atoms with van der Waals surface area (Å²) in [5.74, 6) is 0. The Balaban J connectivity index is 0.954. The van der Waals surface area contributed by atoms with Crippen LogP contribution in [0.2, 0.25) is 0 Å². The summed E-state index contributed by atoms with van der Waals surface area (Å²) in [4.78, 5) is 4.98. The lowest BCUT2D eigenvalue weighted by atomic mass is 9.82. The molecule has 1 aromatic heterocycles. The van der Waals surface area contributed by atoms with Crippen molar-refractivity contribution < 1.29 is 0 Å². The lowest BCUT2D eigenvalue weighted by Gasteiger charge is -2.34. The lowest BCUT2D eigenvalue weighted by molar-refractivity contribution is 0.660. The third kappa shape index (κ3) is 5.25. The number of hydrogen-bond acceptors (Lipinski definition) is 2. The number of fused-ring (bicyclic) bond motifs is 11. The quantitative estimate of drug-likeness (QED) is 0.175. The van der Waals surface area contributed by atoms with Gasteiger partial charge >= 0.3 is 0 Å². The van der Waals surface area contributed by atoms with E-state index in [0.717, 1.165) is 5.69 Å². The van der Waals surface area contributed by atoms with E-state index in [0.29, 0.717) is 0 Å². The molecule has 13 rings (SSSR count). The number of aromatic nitrogens is 1. The molecule has 292 valence electrons. The van der Waals surface area contributed by atoms with Gasteiger partial charge in [0.2, 0.25) is 0 Å². The Morgan fingerprint density at radius 2 is 1.06 bits per heavy atom. The van der Waals surface area contributed by atoms with Crippen molar-refractivity contribution in [3.05, 3.63) is 217 Å². The molecule has 2 aliphatic rings. The highest BCUT2D eigenvalue weighted by molar-refractivity contribution is 7.99. The molecule has 0 N–H and O–H groups in total. The van der Waals surface area contributed by atoms with Gasteiger partial charge in [-0.15, -0.1) is 0 Å². The first kappa shape index (κ1) is 35.4. The normalized spacial score (nSPS) is 13.7. The fourth-order valence-electron chi connectivity index (χ4n) is 10.5. The van der Waals surface area contributed by atoms with Crippen LogP contribution >= 0.6 is 11.8 Å². The summed E-state index contributed by atoms with van der Waals surface area (Å²) in [5, 5.41) is 7.62. The van der Waals surface area contributed by atoms with Crippen LogP contribution in [0.3, 0.4) is 0 Å². The molecule has 0 spiro atoms. The van der Waals surface area contributed by atoms with E-state index in [2.05, 4.69) is 230 Å². The summed E-state index contributed by atoms with van der Waals surface area (Å²) in [6.45, 7) is 4.76. The van der Waals surface area contributed by atoms with E-state index in [9.17, 15) is 0 Å². The average Bonchev–Trinajstić information content (AvgIpc) is 3.77. The molecular formula is C59H40N2S. The van der Waals surface area contributed by atoms with Gasteiger partial charge in [0.1, 0.15) is 0 Å². The number of anilines is 3. The van der Waals surface area contributed by atoms with Gasteiger partial charge in [-0.1, -0.05) is 165 Å². The van der Waals surface area contributed by atoms with Crippen molar-refractivity contribution >= 4 is 72.2 Å². The summed E-state index contributed by atoms with van der Waals surface area (Å²) in [6.07, 6.45) is 0. The first-order valence-electron chi connectivity index (χ1n) is 21.5. The van der Waals surface area contributed by atoms with Crippen LogP contribution in [0.4, 0.5) is 17.1 Å². The van der Waals surface area contributed by atoms with Crippen molar-refractivity contribution in [3.63, 3.8) is 0 Å². The highest BCUT2D eigenvalue weighted by Gasteiger charge is 2.37. The predicted octanol–water partition coefficient (Wildman–Crippen LogP) is 16.7. The molecule has 0 amide bonds. The van der Waals surface area contributed by atoms with Crippen LogP contribution in [0.5, 0.6) is 0 Å². The average molecular weight is 809 g/mol. The predicted molar refractivity (Wildman–Crippen MR) is 263 cm³/mol. The van der Waals surface area contributed by atoms with Crippen molar-refractivity contribution in [1.82, 2.24) is 4.57 Å². The standard InChI is InChI=1S/C59H40N2S/c1-59(2)50-28-23-38-15-8-9-20-46(38)58(50)48-27-26-45(36-51(48)59)60-52-22-11-10-21-47(52)49-32-42(24-29-53(49)60)43-25-30-56-54(34-43)61(44-19-12-18-39(31-44)37-13-4-3-5-14-37)55-33-40-16-6-7-17-41(40)35-57(55)62-56/h3-36H,1-2H3. The van der Waals surface area contributed by atoms with E-state index < -0.39 is 0 Å². The Morgan fingerprint density at radius 3 is 1.94 bits per heavy atom. The van der Waals surface area contributed by atoms with Crippen LogP contribution in [0.15, 0.2) is 216 Å². The lowest BCUT2D eigenvalue weighted by Crippen LogP contribution is -2.15. The van der Waals surface area contributed by atoms with Crippen LogP contribution in [0.25, 0.3) is 82.4 Å². The minimum absolute atomic E-state index is 0.119. The summed E-state index contributed by atoms with van der Waals surface area (Å²) in [5.41, 5.74) is 17.4. The molecule has 0 saturated carbocycles. The summed E-state index contributed by atoms with van der Waals surface area (Å²) in [6, 6.07) is 76.7. The van der Waals surface area contributed by atoms with Gasteiger partial charge in [-0.05, 0) is 133 Å². The maximum Gasteiger partial charge on any atom is 0.0608 e. The second-order valence-corrected chi connectivity index (χ2v) is 18.4. The van der Waals surface area contributed by atoms with Gasteiger partial charge in [0.25, 0.3) is 0 Å². The number of hydrogen-bond donors (Lipinski definition) is 0. The third-order valence-corrected chi connectivity index (χ3v) is 14.6. The number of nitrogens with zero attached hydrogens (tertiary/aromatic N) is 2. The molecule has 1 aliphatic carbocycles. The van der Waals surface area contributed by atoms with Gasteiger partial charge in [-0.25, -0.2) is 0 Å². The van der Waals surface area contributed by atoms with E-state index in [-0.39, 0.29) is 5.41 Å². The minimum atomic E-state index is -0.119. The maximum atomic E-state index is 2.48. The molecule has 62 heavy (non-hydrogen) atoms. The Hall–Kier alpha value is -7.33. The molecule has 11 aromatic rings.